The van der Waals surface area contributed by atoms with Gasteiger partial charge in [0, 0.05) is 12.3 Å². The van der Waals surface area contributed by atoms with Gasteiger partial charge in [-0.15, -0.1) is 0 Å². The van der Waals surface area contributed by atoms with Crippen molar-refractivity contribution < 1.29 is 9.22 Å². The van der Waals surface area contributed by atoms with E-state index in [2.05, 4.69) is 25.7 Å². The van der Waals surface area contributed by atoms with Crippen LogP contribution in [0.25, 0.3) is 0 Å². The lowest BCUT2D eigenvalue weighted by atomic mass is 9.95. The normalized spacial score (nSPS) is 23.6. The summed E-state index contributed by atoms with van der Waals surface area (Å²) >= 11 is 0. The number of hydrogen-bond donors (Lipinski definition) is 0. The largest absolute Gasteiger partial charge is 0.548 e. The highest BCUT2D eigenvalue weighted by Crippen LogP contribution is 2.25. The second kappa shape index (κ2) is 4.09. The smallest absolute Gasteiger partial charge is 0.241 e. The van der Waals surface area contributed by atoms with E-state index in [9.17, 15) is 4.79 Å². The average molecular weight is 198 g/mol. The minimum Gasteiger partial charge on any atom is -0.548 e. The van der Waals surface area contributed by atoms with Gasteiger partial charge in [-0.2, -0.15) is 0 Å². The van der Waals surface area contributed by atoms with E-state index < -0.39 is 8.32 Å². The number of allylic oxidation sites excluding steroid dienone is 2. The molecule has 0 saturated carbocycles. The minimum absolute atomic E-state index is 0.231. The molecular formula is C10H18O2Si. The van der Waals surface area contributed by atoms with Crippen molar-refractivity contribution in [1.29, 1.82) is 0 Å². The zero-order valence-corrected chi connectivity index (χ0v) is 9.67. The van der Waals surface area contributed by atoms with Crippen LogP contribution in [0.2, 0.25) is 19.6 Å². The molecule has 0 fully saturated rings. The Labute approximate surface area is 81.1 Å². The molecule has 1 aliphatic rings. The van der Waals surface area contributed by atoms with Crippen LogP contribution in [0.15, 0.2) is 11.8 Å². The van der Waals surface area contributed by atoms with Crippen molar-refractivity contribution in [1.82, 2.24) is 0 Å². The zero-order chi connectivity index (χ0) is 9.90. The van der Waals surface area contributed by atoms with E-state index in [-0.39, 0.29) is 5.92 Å². The van der Waals surface area contributed by atoms with Gasteiger partial charge in [-0.3, -0.25) is 0 Å². The molecule has 0 aromatic rings. The molecule has 0 amide bonds. The van der Waals surface area contributed by atoms with Crippen molar-refractivity contribution in [2.24, 2.45) is 5.92 Å². The van der Waals surface area contributed by atoms with Crippen LogP contribution in [0.4, 0.5) is 0 Å². The van der Waals surface area contributed by atoms with Crippen LogP contribution < -0.4 is 0 Å². The topological polar surface area (TPSA) is 26.3 Å². The predicted molar refractivity (Wildman–Crippen MR) is 55.9 cm³/mol. The van der Waals surface area contributed by atoms with Crippen LogP contribution in [-0.4, -0.2) is 14.6 Å². The standard InChI is InChI=1S/C10H18O2Si/c1-13(2,3)12-10-6-4-9(8-11)5-7-10/h6,8-9H,4-5,7H2,1-3H3/t9-/m0/s1. The number of aldehydes is 1. The maximum Gasteiger partial charge on any atom is 0.241 e. The first kappa shape index (κ1) is 10.5. The molecule has 0 aliphatic heterocycles. The summed E-state index contributed by atoms with van der Waals surface area (Å²) in [4.78, 5) is 10.5. The second-order valence-electron chi connectivity index (χ2n) is 4.56. The molecular weight excluding hydrogens is 180 g/mol. The van der Waals surface area contributed by atoms with Crippen LogP contribution in [0.5, 0.6) is 0 Å². The maximum atomic E-state index is 10.5. The van der Waals surface area contributed by atoms with Gasteiger partial charge in [0.05, 0.1) is 5.76 Å². The lowest BCUT2D eigenvalue weighted by Crippen LogP contribution is -2.26. The summed E-state index contributed by atoms with van der Waals surface area (Å²) < 4.78 is 5.86. The van der Waals surface area contributed by atoms with E-state index in [0.29, 0.717) is 0 Å². The highest BCUT2D eigenvalue weighted by molar-refractivity contribution is 6.70. The first-order valence-corrected chi connectivity index (χ1v) is 8.25. The fraction of sp³-hybridized carbons (Fsp3) is 0.700. The van der Waals surface area contributed by atoms with Gasteiger partial charge < -0.3 is 9.22 Å². The third-order valence-electron chi connectivity index (χ3n) is 2.04. The monoisotopic (exact) mass is 198 g/mol. The van der Waals surface area contributed by atoms with E-state index in [1.54, 1.807) is 0 Å². The van der Waals surface area contributed by atoms with Gasteiger partial charge in [-0.05, 0) is 38.6 Å². The minimum atomic E-state index is -1.43. The number of rotatable bonds is 3. The first-order chi connectivity index (χ1) is 6.01. The lowest BCUT2D eigenvalue weighted by Gasteiger charge is -2.25. The predicted octanol–water partition coefficient (Wildman–Crippen LogP) is 2.72. The van der Waals surface area contributed by atoms with Gasteiger partial charge in [-0.1, -0.05) is 0 Å². The van der Waals surface area contributed by atoms with E-state index in [4.69, 9.17) is 4.43 Å². The molecule has 1 rings (SSSR count). The van der Waals surface area contributed by atoms with Gasteiger partial charge in [0.15, 0.2) is 0 Å². The van der Waals surface area contributed by atoms with Crippen LogP contribution in [0.1, 0.15) is 19.3 Å². The summed E-state index contributed by atoms with van der Waals surface area (Å²) in [5.74, 6) is 1.34. The summed E-state index contributed by atoms with van der Waals surface area (Å²) in [6, 6.07) is 0. The van der Waals surface area contributed by atoms with Crippen molar-refractivity contribution in [3.63, 3.8) is 0 Å². The molecule has 3 heteroatoms. The summed E-state index contributed by atoms with van der Waals surface area (Å²) in [6.07, 6.45) is 5.90. The quantitative estimate of drug-likeness (QED) is 0.515. The Morgan fingerprint density at radius 3 is 2.62 bits per heavy atom. The van der Waals surface area contributed by atoms with Gasteiger partial charge in [0.25, 0.3) is 0 Å². The number of carbonyl (C=O) groups excluding carboxylic acids is 1. The zero-order valence-electron chi connectivity index (χ0n) is 8.67. The van der Waals surface area contributed by atoms with Crippen LogP contribution in [0.3, 0.4) is 0 Å². The molecule has 13 heavy (non-hydrogen) atoms. The Morgan fingerprint density at radius 2 is 2.23 bits per heavy atom. The van der Waals surface area contributed by atoms with Crippen molar-refractivity contribution in [3.8, 4) is 0 Å². The van der Waals surface area contributed by atoms with E-state index >= 15 is 0 Å². The Kier molecular flexibility index (Phi) is 3.31. The summed E-state index contributed by atoms with van der Waals surface area (Å²) in [6.45, 7) is 6.54. The average Bonchev–Trinajstić information content (AvgIpc) is 2.03. The fourth-order valence-electron chi connectivity index (χ4n) is 1.44. The molecule has 0 unspecified atom stereocenters. The highest BCUT2D eigenvalue weighted by atomic mass is 28.4. The molecule has 0 heterocycles. The number of carbonyl (C=O) groups is 1. The molecule has 1 aliphatic carbocycles. The molecule has 0 aromatic carbocycles. The molecule has 0 aromatic heterocycles. The maximum absolute atomic E-state index is 10.5. The Morgan fingerprint density at radius 1 is 1.54 bits per heavy atom. The summed E-state index contributed by atoms with van der Waals surface area (Å²) in [5.41, 5.74) is 0. The van der Waals surface area contributed by atoms with Crippen LogP contribution in [-0.2, 0) is 9.22 Å². The van der Waals surface area contributed by atoms with E-state index in [1.807, 2.05) is 0 Å². The molecule has 0 N–H and O–H groups in total. The van der Waals surface area contributed by atoms with Crippen LogP contribution >= 0.6 is 0 Å². The van der Waals surface area contributed by atoms with Crippen molar-refractivity contribution in [3.05, 3.63) is 11.8 Å². The van der Waals surface area contributed by atoms with Crippen molar-refractivity contribution >= 4 is 14.6 Å². The molecule has 74 valence electrons. The Hall–Kier alpha value is -0.573. The second-order valence-corrected chi connectivity index (χ2v) is 8.98. The third-order valence-corrected chi connectivity index (χ3v) is 2.91. The van der Waals surface area contributed by atoms with Gasteiger partial charge >= 0.3 is 0 Å². The van der Waals surface area contributed by atoms with Gasteiger partial charge in [0.1, 0.15) is 6.29 Å². The number of hydrogen-bond acceptors (Lipinski definition) is 2. The van der Waals surface area contributed by atoms with E-state index in [0.717, 1.165) is 31.3 Å². The first-order valence-electron chi connectivity index (χ1n) is 4.84. The summed E-state index contributed by atoms with van der Waals surface area (Å²) in [5, 5.41) is 0. The molecule has 2 nitrogen and oxygen atoms in total. The molecule has 0 saturated heterocycles. The molecule has 0 bridgehead atoms. The Balaban J connectivity index is 2.46. The van der Waals surface area contributed by atoms with Crippen molar-refractivity contribution in [2.75, 3.05) is 0 Å². The Bertz CT molecular complexity index is 215. The van der Waals surface area contributed by atoms with Crippen LogP contribution in [0, 0.1) is 5.92 Å². The fourth-order valence-corrected chi connectivity index (χ4v) is 2.41. The summed E-state index contributed by atoms with van der Waals surface area (Å²) in [7, 11) is -1.43. The molecule has 1 atom stereocenters. The highest BCUT2D eigenvalue weighted by Gasteiger charge is 2.20. The lowest BCUT2D eigenvalue weighted by molar-refractivity contribution is -0.111. The molecule has 0 spiro atoms. The van der Waals surface area contributed by atoms with Gasteiger partial charge in [-0.25, -0.2) is 0 Å². The third kappa shape index (κ3) is 3.76. The SMILES string of the molecule is C[Si](C)(C)OC1=CC[C@H](C=O)CC1. The van der Waals surface area contributed by atoms with E-state index in [1.165, 1.54) is 0 Å². The van der Waals surface area contributed by atoms with Crippen molar-refractivity contribution in [2.45, 2.75) is 38.9 Å². The molecule has 0 radical (unpaired) electrons. The van der Waals surface area contributed by atoms with Gasteiger partial charge in [0.2, 0.25) is 8.32 Å².